The zero-order valence-electron chi connectivity index (χ0n) is 23.1. The Kier molecular flexibility index (Phi) is 8.34. The lowest BCUT2D eigenvalue weighted by Gasteiger charge is -2.35. The summed E-state index contributed by atoms with van der Waals surface area (Å²) in [5.74, 6) is -1.49. The molecule has 3 heterocycles. The quantitative estimate of drug-likeness (QED) is 0.370. The molecule has 0 aliphatic carbocycles. The number of aromatic nitrogens is 2. The largest absolute Gasteiger partial charge is 0.444 e. The van der Waals surface area contributed by atoms with E-state index in [1.165, 1.54) is 53.3 Å². The third kappa shape index (κ3) is 6.47. The Morgan fingerprint density at radius 2 is 1.93 bits per heavy atom. The first-order chi connectivity index (χ1) is 19.9. The van der Waals surface area contributed by atoms with Crippen molar-refractivity contribution in [3.63, 3.8) is 0 Å². The van der Waals surface area contributed by atoms with Crippen molar-refractivity contribution in [3.05, 3.63) is 94.3 Å². The van der Waals surface area contributed by atoms with Crippen LogP contribution in [0.5, 0.6) is 0 Å². The van der Waals surface area contributed by atoms with Gasteiger partial charge < -0.3 is 15.0 Å². The van der Waals surface area contributed by atoms with Crippen LogP contribution in [0.1, 0.15) is 48.0 Å². The number of benzene rings is 2. The van der Waals surface area contributed by atoms with Gasteiger partial charge in [0.25, 0.3) is 5.91 Å². The molecule has 1 aromatic heterocycles. The van der Waals surface area contributed by atoms with Gasteiger partial charge >= 0.3 is 6.09 Å². The Morgan fingerprint density at radius 3 is 2.62 bits per heavy atom. The van der Waals surface area contributed by atoms with Gasteiger partial charge in [0.05, 0.1) is 18.9 Å². The Morgan fingerprint density at radius 1 is 1.17 bits per heavy atom. The highest BCUT2D eigenvalue weighted by Gasteiger charge is 2.53. The predicted molar refractivity (Wildman–Crippen MR) is 159 cm³/mol. The third-order valence-corrected chi connectivity index (χ3v) is 8.02. The van der Waals surface area contributed by atoms with Crippen LogP contribution in [0.4, 0.5) is 13.6 Å². The van der Waals surface area contributed by atoms with Gasteiger partial charge in [-0.05, 0) is 56.7 Å². The fourth-order valence-electron chi connectivity index (χ4n) is 4.89. The van der Waals surface area contributed by atoms with Crippen molar-refractivity contribution in [1.82, 2.24) is 20.2 Å². The van der Waals surface area contributed by atoms with Gasteiger partial charge in [0, 0.05) is 29.3 Å². The molecule has 2 aliphatic heterocycles. The van der Waals surface area contributed by atoms with Gasteiger partial charge in [-0.2, -0.15) is 0 Å². The number of likely N-dealkylation sites (tertiary alicyclic amines) is 1. The molecule has 2 aliphatic rings. The normalized spacial score (nSPS) is 20.5. The SMILES string of the molecule is CC(C)(C)OC(=O)N1C[C@@H]2CSC(NC(=O)c3ccccc3)=N[C@@]2(c2cc(/C=C(\F)c3cnc(Cl)cn3)ccc2F)C1. The highest BCUT2D eigenvalue weighted by molar-refractivity contribution is 8.13. The van der Waals surface area contributed by atoms with Crippen LogP contribution in [0, 0.1) is 11.7 Å². The van der Waals surface area contributed by atoms with Crippen molar-refractivity contribution < 1.29 is 23.1 Å². The maximum absolute atomic E-state index is 15.7. The fourth-order valence-corrected chi connectivity index (χ4v) is 6.12. The zero-order chi connectivity index (χ0) is 30.1. The molecule has 0 unspecified atom stereocenters. The number of ether oxygens (including phenoxy) is 1. The second kappa shape index (κ2) is 11.8. The maximum Gasteiger partial charge on any atom is 0.410 e. The van der Waals surface area contributed by atoms with Crippen LogP contribution in [-0.2, 0) is 10.3 Å². The molecule has 2 atom stereocenters. The molecule has 3 aromatic rings. The number of rotatable bonds is 4. The van der Waals surface area contributed by atoms with Crippen LogP contribution in [0.15, 0.2) is 65.9 Å². The summed E-state index contributed by atoms with van der Waals surface area (Å²) < 4.78 is 36.4. The van der Waals surface area contributed by atoms with Gasteiger partial charge in [0.15, 0.2) is 11.0 Å². The predicted octanol–water partition coefficient (Wildman–Crippen LogP) is 6.33. The number of aliphatic imine (C=N–C) groups is 1. The van der Waals surface area contributed by atoms with E-state index in [2.05, 4.69) is 15.3 Å². The number of hydrogen-bond acceptors (Lipinski definition) is 7. The Hall–Kier alpha value is -3.83. The van der Waals surface area contributed by atoms with Crippen LogP contribution in [0.25, 0.3) is 11.9 Å². The minimum absolute atomic E-state index is 0.00702. The van der Waals surface area contributed by atoms with Crippen molar-refractivity contribution in [2.45, 2.75) is 31.9 Å². The molecule has 8 nitrogen and oxygen atoms in total. The lowest BCUT2D eigenvalue weighted by molar-refractivity contribution is 0.0281. The molecule has 0 saturated carbocycles. The molecule has 2 aromatic carbocycles. The second-order valence-corrected chi connectivity index (χ2v) is 12.4. The molecule has 42 heavy (non-hydrogen) atoms. The van der Waals surface area contributed by atoms with Gasteiger partial charge in [-0.3, -0.25) is 4.79 Å². The Bertz CT molecular complexity index is 1560. The number of carbonyl (C=O) groups is 2. The zero-order valence-corrected chi connectivity index (χ0v) is 24.7. The molecule has 5 rings (SSSR count). The number of amidine groups is 1. The summed E-state index contributed by atoms with van der Waals surface area (Å²) in [6.45, 7) is 5.57. The van der Waals surface area contributed by atoms with Gasteiger partial charge in [-0.15, -0.1) is 0 Å². The summed E-state index contributed by atoms with van der Waals surface area (Å²) in [6.07, 6.45) is 3.10. The van der Waals surface area contributed by atoms with Crippen LogP contribution >= 0.6 is 23.4 Å². The average Bonchev–Trinajstić information content (AvgIpc) is 3.34. The number of hydrogen-bond donors (Lipinski definition) is 1. The van der Waals surface area contributed by atoms with E-state index >= 15 is 8.78 Å². The summed E-state index contributed by atoms with van der Waals surface area (Å²) in [5, 5.41) is 3.26. The van der Waals surface area contributed by atoms with E-state index in [1.54, 1.807) is 51.1 Å². The number of amides is 2. The topological polar surface area (TPSA) is 96.8 Å². The van der Waals surface area contributed by atoms with E-state index in [4.69, 9.17) is 21.3 Å². The first-order valence-electron chi connectivity index (χ1n) is 13.2. The minimum Gasteiger partial charge on any atom is -0.444 e. The van der Waals surface area contributed by atoms with Gasteiger partial charge in [0.1, 0.15) is 27.8 Å². The summed E-state index contributed by atoms with van der Waals surface area (Å²) in [7, 11) is 0. The molecule has 1 fully saturated rings. The van der Waals surface area contributed by atoms with E-state index in [-0.39, 0.29) is 41.3 Å². The van der Waals surface area contributed by atoms with Crippen LogP contribution in [0.2, 0.25) is 5.15 Å². The number of halogens is 3. The molecule has 0 spiro atoms. The summed E-state index contributed by atoms with van der Waals surface area (Å²) >= 11 is 7.09. The molecule has 218 valence electrons. The molecule has 0 bridgehead atoms. The number of thioether (sulfide) groups is 1. The van der Waals surface area contributed by atoms with Crippen LogP contribution < -0.4 is 5.32 Å². The van der Waals surface area contributed by atoms with E-state index in [0.29, 0.717) is 22.0 Å². The Balaban J connectivity index is 1.55. The number of nitrogens with zero attached hydrogens (tertiary/aromatic N) is 4. The average molecular weight is 612 g/mol. The van der Waals surface area contributed by atoms with Crippen LogP contribution in [0.3, 0.4) is 0 Å². The van der Waals surface area contributed by atoms with Gasteiger partial charge in [0.2, 0.25) is 0 Å². The lowest BCUT2D eigenvalue weighted by atomic mass is 9.81. The van der Waals surface area contributed by atoms with Crippen molar-refractivity contribution in [2.75, 3.05) is 18.8 Å². The van der Waals surface area contributed by atoms with Gasteiger partial charge in [-0.1, -0.05) is 47.6 Å². The molecule has 0 radical (unpaired) electrons. The van der Waals surface area contributed by atoms with E-state index in [0.717, 1.165) is 0 Å². The second-order valence-electron chi connectivity index (χ2n) is 11.0. The number of carbonyl (C=O) groups excluding carboxylic acids is 2. The molecule has 1 saturated heterocycles. The summed E-state index contributed by atoms with van der Waals surface area (Å²) in [4.78, 5) is 40.2. The molecular formula is C30H28ClF2N5O3S. The molecule has 2 amide bonds. The molecule has 12 heteroatoms. The van der Waals surface area contributed by atoms with E-state index < -0.39 is 28.9 Å². The van der Waals surface area contributed by atoms with Gasteiger partial charge in [-0.25, -0.2) is 28.5 Å². The number of fused-ring (bicyclic) bond motifs is 1. The Labute approximate surface area is 251 Å². The summed E-state index contributed by atoms with van der Waals surface area (Å²) in [5.41, 5.74) is -1.05. The molecule has 1 N–H and O–H groups in total. The standard InChI is InChI=1S/C30H28ClF2N5O3S/c1-29(2,3)41-28(40)38-15-20-16-42-27(36-26(39)19-7-5-4-6-8-19)37-30(20,17-38)21-11-18(9-10-22(21)32)12-23(33)24-13-35-25(31)14-34-24/h4-14,20H,15-17H2,1-3H3,(H,36,37,39)/b23-12-/t20-,30+/m1/s1. The van der Waals surface area contributed by atoms with Crippen molar-refractivity contribution in [3.8, 4) is 0 Å². The van der Waals surface area contributed by atoms with Crippen molar-refractivity contribution in [1.29, 1.82) is 0 Å². The number of nitrogens with one attached hydrogen (secondary N) is 1. The summed E-state index contributed by atoms with van der Waals surface area (Å²) in [6, 6.07) is 12.9. The first kappa shape index (κ1) is 29.7. The molecular weight excluding hydrogens is 584 g/mol. The van der Waals surface area contributed by atoms with E-state index in [1.807, 2.05) is 0 Å². The van der Waals surface area contributed by atoms with Crippen molar-refractivity contribution >= 4 is 52.4 Å². The smallest absolute Gasteiger partial charge is 0.410 e. The van der Waals surface area contributed by atoms with Crippen LogP contribution in [-0.4, -0.2) is 56.5 Å². The third-order valence-electron chi connectivity index (χ3n) is 6.79. The highest BCUT2D eigenvalue weighted by atomic mass is 35.5. The highest BCUT2D eigenvalue weighted by Crippen LogP contribution is 2.47. The first-order valence-corrected chi connectivity index (χ1v) is 14.5. The maximum atomic E-state index is 15.7. The minimum atomic E-state index is -1.26. The van der Waals surface area contributed by atoms with Crippen molar-refractivity contribution in [2.24, 2.45) is 10.9 Å². The lowest BCUT2D eigenvalue weighted by Crippen LogP contribution is -2.43. The van der Waals surface area contributed by atoms with E-state index in [9.17, 15) is 9.59 Å². The monoisotopic (exact) mass is 611 g/mol. The fraction of sp³-hybridized carbons (Fsp3) is 0.300.